The topological polar surface area (TPSA) is 15.3 Å². The van der Waals surface area contributed by atoms with Crippen LogP contribution in [0.5, 0.6) is 0 Å². The number of nitrogens with zero attached hydrogens (tertiary/aromatic N) is 1. The number of hydrogen-bond acceptors (Lipinski definition) is 3. The highest BCUT2D eigenvalue weighted by Gasteiger charge is 2.24. The van der Waals surface area contributed by atoms with Gasteiger partial charge in [-0.2, -0.15) is 0 Å². The minimum atomic E-state index is 0.168. The van der Waals surface area contributed by atoms with Crippen molar-refractivity contribution in [3.05, 3.63) is 0 Å². The first kappa shape index (κ1) is 8.37. The minimum Gasteiger partial charge on any atom is -0.288 e. The van der Waals surface area contributed by atoms with Crippen LogP contribution >= 0.6 is 11.9 Å². The molecular weight excluding hydrogens is 144 g/mol. The molecule has 1 saturated heterocycles. The molecule has 10 heavy (non-hydrogen) atoms. The number of nitrogens with one attached hydrogen (secondary N) is 1. The molecule has 0 aromatic rings. The fraction of sp³-hybridized carbons (Fsp3) is 1.00. The summed E-state index contributed by atoms with van der Waals surface area (Å²) < 4.78 is 3.41. The van der Waals surface area contributed by atoms with Crippen molar-refractivity contribution >= 4 is 11.9 Å². The molecule has 1 rings (SSSR count). The molecule has 1 heterocycles. The maximum absolute atomic E-state index is 3.41. The first-order chi connectivity index (χ1) is 4.63. The molecule has 0 unspecified atom stereocenters. The highest BCUT2D eigenvalue weighted by Crippen LogP contribution is 2.17. The van der Waals surface area contributed by atoms with Crippen LogP contribution in [0.2, 0.25) is 0 Å². The Morgan fingerprint density at radius 1 is 1.50 bits per heavy atom. The molecule has 1 aliphatic heterocycles. The van der Waals surface area contributed by atoms with Crippen molar-refractivity contribution in [1.29, 1.82) is 0 Å². The van der Waals surface area contributed by atoms with Crippen LogP contribution in [0.25, 0.3) is 0 Å². The number of rotatable bonds is 0. The maximum Gasteiger partial charge on any atom is 0.0745 e. The van der Waals surface area contributed by atoms with Crippen LogP contribution in [0.15, 0.2) is 0 Å². The lowest BCUT2D eigenvalue weighted by Gasteiger charge is -2.33. The van der Waals surface area contributed by atoms with Crippen LogP contribution in [-0.4, -0.2) is 29.9 Å². The van der Waals surface area contributed by atoms with Gasteiger partial charge in [0.15, 0.2) is 0 Å². The van der Waals surface area contributed by atoms with Crippen molar-refractivity contribution in [3.63, 3.8) is 0 Å². The summed E-state index contributed by atoms with van der Waals surface area (Å²) in [5, 5.41) is 0. The lowest BCUT2D eigenvalue weighted by atomic mass is 10.2. The third-order valence-electron chi connectivity index (χ3n) is 2.02. The van der Waals surface area contributed by atoms with Crippen LogP contribution < -0.4 is 4.72 Å². The van der Waals surface area contributed by atoms with E-state index in [1.165, 1.54) is 18.7 Å². The van der Waals surface area contributed by atoms with Gasteiger partial charge in [0.1, 0.15) is 0 Å². The van der Waals surface area contributed by atoms with Gasteiger partial charge < -0.3 is 0 Å². The molecule has 0 bridgehead atoms. The molecule has 0 atom stereocenters. The van der Waals surface area contributed by atoms with E-state index in [0.717, 1.165) is 0 Å². The van der Waals surface area contributed by atoms with Crippen LogP contribution in [0.4, 0.5) is 0 Å². The molecule has 2 nitrogen and oxygen atoms in total. The standard InChI is InChI=1S/C7H16N2S/c1-7(2)8-10-6-4-5-9(7)3/h8H,4-6H2,1-3H3. The van der Waals surface area contributed by atoms with Gasteiger partial charge in [0.05, 0.1) is 5.66 Å². The van der Waals surface area contributed by atoms with Crippen LogP contribution in [0, 0.1) is 0 Å². The smallest absolute Gasteiger partial charge is 0.0745 e. The molecule has 0 saturated carbocycles. The first-order valence-corrected chi connectivity index (χ1v) is 4.72. The van der Waals surface area contributed by atoms with Gasteiger partial charge in [-0.05, 0) is 27.3 Å². The summed E-state index contributed by atoms with van der Waals surface area (Å²) in [4.78, 5) is 2.35. The van der Waals surface area contributed by atoms with Crippen LogP contribution in [0.3, 0.4) is 0 Å². The largest absolute Gasteiger partial charge is 0.288 e. The van der Waals surface area contributed by atoms with Crippen molar-refractivity contribution in [1.82, 2.24) is 9.62 Å². The highest BCUT2D eigenvalue weighted by molar-refractivity contribution is 7.97. The maximum atomic E-state index is 3.41. The zero-order valence-electron chi connectivity index (χ0n) is 6.98. The zero-order chi connectivity index (χ0) is 7.61. The van der Waals surface area contributed by atoms with Crippen LogP contribution in [-0.2, 0) is 0 Å². The lowest BCUT2D eigenvalue weighted by molar-refractivity contribution is 0.153. The molecule has 0 aromatic carbocycles. The van der Waals surface area contributed by atoms with Crippen molar-refractivity contribution in [2.24, 2.45) is 0 Å². The number of hydrogen-bond donors (Lipinski definition) is 1. The van der Waals surface area contributed by atoms with Gasteiger partial charge in [0.25, 0.3) is 0 Å². The van der Waals surface area contributed by atoms with Gasteiger partial charge in [-0.3, -0.25) is 4.90 Å². The Bertz CT molecular complexity index is 114. The summed E-state index contributed by atoms with van der Waals surface area (Å²) in [5.74, 6) is 1.23. The summed E-state index contributed by atoms with van der Waals surface area (Å²) in [7, 11) is 2.17. The third-order valence-corrected chi connectivity index (χ3v) is 3.15. The zero-order valence-corrected chi connectivity index (χ0v) is 7.79. The molecular formula is C7H16N2S. The van der Waals surface area contributed by atoms with E-state index in [0.29, 0.717) is 0 Å². The summed E-state index contributed by atoms with van der Waals surface area (Å²) in [5.41, 5.74) is 0.168. The van der Waals surface area contributed by atoms with E-state index in [-0.39, 0.29) is 5.66 Å². The molecule has 0 amide bonds. The Hall–Kier alpha value is 0.270. The summed E-state index contributed by atoms with van der Waals surface area (Å²) >= 11 is 1.83. The Morgan fingerprint density at radius 2 is 2.20 bits per heavy atom. The summed E-state index contributed by atoms with van der Waals surface area (Å²) in [6.45, 7) is 5.63. The molecule has 1 aliphatic rings. The third kappa shape index (κ3) is 1.87. The predicted octanol–water partition coefficient (Wildman–Crippen LogP) is 1.30. The second kappa shape index (κ2) is 3.11. The van der Waals surface area contributed by atoms with Crippen LogP contribution in [0.1, 0.15) is 20.3 Å². The molecule has 60 valence electrons. The summed E-state index contributed by atoms with van der Waals surface area (Å²) in [6.07, 6.45) is 1.29. The lowest BCUT2D eigenvalue weighted by Crippen LogP contribution is -2.48. The summed E-state index contributed by atoms with van der Waals surface area (Å²) in [6, 6.07) is 0. The molecule has 0 spiro atoms. The van der Waals surface area contributed by atoms with Gasteiger partial charge in [-0.25, -0.2) is 4.72 Å². The van der Waals surface area contributed by atoms with Gasteiger partial charge in [-0.15, -0.1) is 0 Å². The van der Waals surface area contributed by atoms with E-state index in [2.05, 4.69) is 30.5 Å². The Kier molecular flexibility index (Phi) is 2.61. The first-order valence-electron chi connectivity index (χ1n) is 3.73. The normalized spacial score (nSPS) is 27.9. The van der Waals surface area contributed by atoms with E-state index >= 15 is 0 Å². The fourth-order valence-corrected chi connectivity index (χ4v) is 1.84. The monoisotopic (exact) mass is 160 g/mol. The Balaban J connectivity index is 2.52. The van der Waals surface area contributed by atoms with Crippen molar-refractivity contribution in [3.8, 4) is 0 Å². The molecule has 0 aromatic heterocycles. The van der Waals surface area contributed by atoms with E-state index in [9.17, 15) is 0 Å². The second-order valence-corrected chi connectivity index (χ2v) is 4.19. The van der Waals surface area contributed by atoms with Crippen molar-refractivity contribution < 1.29 is 0 Å². The van der Waals surface area contributed by atoms with E-state index in [4.69, 9.17) is 0 Å². The van der Waals surface area contributed by atoms with Gasteiger partial charge >= 0.3 is 0 Å². The Labute approximate surface area is 67.5 Å². The van der Waals surface area contributed by atoms with Gasteiger partial charge in [0.2, 0.25) is 0 Å². The predicted molar refractivity (Wildman–Crippen MR) is 46.9 cm³/mol. The van der Waals surface area contributed by atoms with Crippen molar-refractivity contribution in [2.45, 2.75) is 25.9 Å². The quantitative estimate of drug-likeness (QED) is 0.538. The molecule has 1 fully saturated rings. The average molecular weight is 160 g/mol. The SMILES string of the molecule is CN1CCCSNC1(C)C. The minimum absolute atomic E-state index is 0.168. The van der Waals surface area contributed by atoms with Gasteiger partial charge in [0, 0.05) is 12.3 Å². The van der Waals surface area contributed by atoms with Gasteiger partial charge in [-0.1, -0.05) is 11.9 Å². The molecule has 1 N–H and O–H groups in total. The van der Waals surface area contributed by atoms with E-state index in [1.807, 2.05) is 11.9 Å². The van der Waals surface area contributed by atoms with Crippen molar-refractivity contribution in [2.75, 3.05) is 19.3 Å². The average Bonchev–Trinajstić information content (AvgIpc) is 1.96. The van der Waals surface area contributed by atoms with E-state index in [1.54, 1.807) is 0 Å². The fourth-order valence-electron chi connectivity index (χ4n) is 0.959. The second-order valence-electron chi connectivity index (χ2n) is 3.28. The van der Waals surface area contributed by atoms with E-state index < -0.39 is 0 Å². The molecule has 0 radical (unpaired) electrons. The molecule has 0 aliphatic carbocycles. The Morgan fingerprint density at radius 3 is 2.90 bits per heavy atom. The molecule has 3 heteroatoms. The highest BCUT2D eigenvalue weighted by atomic mass is 32.2.